The number of benzene rings is 1. The molecule has 0 aliphatic carbocycles. The van der Waals surface area contributed by atoms with Crippen LogP contribution >= 0.6 is 15.9 Å². The molecule has 0 atom stereocenters. The lowest BCUT2D eigenvalue weighted by Gasteiger charge is -2.18. The van der Waals surface area contributed by atoms with Gasteiger partial charge in [-0.2, -0.15) is 0 Å². The molecule has 0 saturated heterocycles. The summed E-state index contributed by atoms with van der Waals surface area (Å²) in [6, 6.07) is 6.13. The molecule has 0 amide bonds. The van der Waals surface area contributed by atoms with E-state index in [1.165, 1.54) is 26.0 Å². The summed E-state index contributed by atoms with van der Waals surface area (Å²) in [5.74, 6) is -1.55. The van der Waals surface area contributed by atoms with Crippen molar-refractivity contribution in [3.63, 3.8) is 0 Å². The van der Waals surface area contributed by atoms with E-state index in [0.29, 0.717) is 0 Å². The van der Waals surface area contributed by atoms with Crippen molar-refractivity contribution in [1.82, 2.24) is 0 Å². The van der Waals surface area contributed by atoms with Gasteiger partial charge in [0.15, 0.2) is 9.84 Å². The predicted molar refractivity (Wildman–Crippen MR) is 67.6 cm³/mol. The van der Waals surface area contributed by atoms with Gasteiger partial charge in [-0.1, -0.05) is 15.9 Å². The Labute approximate surface area is 109 Å². The molecule has 0 radical (unpaired) electrons. The maximum absolute atomic E-state index is 12.0. The highest BCUT2D eigenvalue weighted by Crippen LogP contribution is 2.24. The van der Waals surface area contributed by atoms with Gasteiger partial charge in [-0.25, -0.2) is 8.42 Å². The Bertz CT molecular complexity index is 517. The van der Waals surface area contributed by atoms with Crippen LogP contribution < -0.4 is 0 Å². The van der Waals surface area contributed by atoms with E-state index in [-0.39, 0.29) is 4.90 Å². The Morgan fingerprint density at radius 3 is 2.18 bits per heavy atom. The Morgan fingerprint density at radius 2 is 1.76 bits per heavy atom. The zero-order chi connectivity index (χ0) is 13.3. The molecule has 0 spiro atoms. The third-order valence-corrected chi connectivity index (χ3v) is 4.92. The van der Waals surface area contributed by atoms with Crippen molar-refractivity contribution in [3.05, 3.63) is 28.7 Å². The molecule has 94 valence electrons. The quantitative estimate of drug-likeness (QED) is 0.924. The Kier molecular flexibility index (Phi) is 3.99. The number of halogens is 1. The molecule has 17 heavy (non-hydrogen) atoms. The van der Waals surface area contributed by atoms with E-state index in [4.69, 9.17) is 5.11 Å². The topological polar surface area (TPSA) is 71.4 Å². The highest BCUT2D eigenvalue weighted by atomic mass is 79.9. The molecule has 1 N–H and O–H groups in total. The van der Waals surface area contributed by atoms with Crippen molar-refractivity contribution in [2.24, 2.45) is 5.41 Å². The van der Waals surface area contributed by atoms with Crippen molar-refractivity contribution in [1.29, 1.82) is 0 Å². The van der Waals surface area contributed by atoms with Crippen molar-refractivity contribution in [2.75, 3.05) is 5.75 Å². The molecule has 4 nitrogen and oxygen atoms in total. The zero-order valence-corrected chi connectivity index (χ0v) is 11.9. The predicted octanol–water partition coefficient (Wildman–Crippen LogP) is 2.33. The summed E-state index contributed by atoms with van der Waals surface area (Å²) in [7, 11) is -3.58. The molecule has 0 saturated carbocycles. The normalized spacial score (nSPS) is 12.4. The second-order valence-electron chi connectivity index (χ2n) is 4.40. The maximum atomic E-state index is 12.0. The van der Waals surface area contributed by atoms with Gasteiger partial charge in [-0.15, -0.1) is 0 Å². The molecule has 1 aromatic carbocycles. The number of hydrogen-bond donors (Lipinski definition) is 1. The van der Waals surface area contributed by atoms with Gasteiger partial charge in [0.25, 0.3) is 0 Å². The van der Waals surface area contributed by atoms with Gasteiger partial charge < -0.3 is 5.11 Å². The van der Waals surface area contributed by atoms with Crippen LogP contribution in [0.25, 0.3) is 0 Å². The Balaban J connectivity index is 3.05. The number of carboxylic acids is 1. The minimum Gasteiger partial charge on any atom is -0.481 e. The van der Waals surface area contributed by atoms with Crippen LogP contribution in [0.3, 0.4) is 0 Å². The summed E-state index contributed by atoms with van der Waals surface area (Å²) >= 11 is 3.21. The molecule has 0 bridgehead atoms. The lowest BCUT2D eigenvalue weighted by atomic mass is 9.97. The third kappa shape index (κ3) is 3.54. The first-order chi connectivity index (χ1) is 7.65. The SMILES string of the molecule is CC(C)(CS(=O)(=O)c1ccc(Br)cc1)C(=O)O. The number of aliphatic carboxylic acids is 1. The van der Waals surface area contributed by atoms with Gasteiger partial charge in [-0.3, -0.25) is 4.79 Å². The largest absolute Gasteiger partial charge is 0.481 e. The fraction of sp³-hybridized carbons (Fsp3) is 0.364. The maximum Gasteiger partial charge on any atom is 0.310 e. The minimum absolute atomic E-state index is 0.134. The molecule has 1 rings (SSSR count). The summed E-state index contributed by atoms with van der Waals surface area (Å²) in [5, 5.41) is 8.92. The fourth-order valence-electron chi connectivity index (χ4n) is 1.26. The van der Waals surface area contributed by atoms with Crippen LogP contribution in [-0.4, -0.2) is 25.2 Å². The number of carbonyl (C=O) groups is 1. The lowest BCUT2D eigenvalue weighted by Crippen LogP contribution is -2.32. The smallest absolute Gasteiger partial charge is 0.310 e. The van der Waals surface area contributed by atoms with Crippen LogP contribution in [0.5, 0.6) is 0 Å². The van der Waals surface area contributed by atoms with E-state index in [0.717, 1.165) is 4.47 Å². The highest BCUT2D eigenvalue weighted by Gasteiger charge is 2.34. The molecule has 0 aromatic heterocycles. The van der Waals surface area contributed by atoms with Crippen LogP contribution in [0.4, 0.5) is 0 Å². The average Bonchev–Trinajstić information content (AvgIpc) is 2.16. The van der Waals surface area contributed by atoms with Crippen molar-refractivity contribution < 1.29 is 18.3 Å². The van der Waals surface area contributed by atoms with Crippen molar-refractivity contribution in [2.45, 2.75) is 18.7 Å². The van der Waals surface area contributed by atoms with E-state index in [9.17, 15) is 13.2 Å². The summed E-state index contributed by atoms with van der Waals surface area (Å²) in [6.45, 7) is 2.79. The Hall–Kier alpha value is -0.880. The van der Waals surface area contributed by atoms with E-state index >= 15 is 0 Å². The minimum atomic E-state index is -3.58. The van der Waals surface area contributed by atoms with Gasteiger partial charge in [0.2, 0.25) is 0 Å². The number of sulfone groups is 1. The summed E-state index contributed by atoms with van der Waals surface area (Å²) in [5.41, 5.74) is -1.30. The van der Waals surface area contributed by atoms with Gasteiger partial charge in [0, 0.05) is 4.47 Å². The third-order valence-electron chi connectivity index (χ3n) is 2.30. The van der Waals surface area contributed by atoms with Gasteiger partial charge in [0.1, 0.15) is 0 Å². The molecular formula is C11H13BrO4S. The van der Waals surface area contributed by atoms with E-state index in [1.54, 1.807) is 12.1 Å². The van der Waals surface area contributed by atoms with Crippen LogP contribution in [-0.2, 0) is 14.6 Å². The van der Waals surface area contributed by atoms with Gasteiger partial charge in [-0.05, 0) is 38.1 Å². The number of carboxylic acid groups (broad SMARTS) is 1. The molecule has 0 fully saturated rings. The van der Waals surface area contributed by atoms with Crippen LogP contribution in [0.15, 0.2) is 33.6 Å². The summed E-state index contributed by atoms with van der Waals surface area (Å²) in [6.07, 6.45) is 0. The molecule has 6 heteroatoms. The molecule has 0 heterocycles. The number of rotatable bonds is 4. The standard InChI is InChI=1S/C11H13BrO4S/c1-11(2,10(13)14)7-17(15,16)9-5-3-8(12)4-6-9/h3-6H,7H2,1-2H3,(H,13,14). The van der Waals surface area contributed by atoms with Crippen LogP contribution in [0.1, 0.15) is 13.8 Å². The number of hydrogen-bond acceptors (Lipinski definition) is 3. The Morgan fingerprint density at radius 1 is 1.29 bits per heavy atom. The molecular weight excluding hydrogens is 308 g/mol. The molecule has 0 unspecified atom stereocenters. The highest BCUT2D eigenvalue weighted by molar-refractivity contribution is 9.10. The average molecular weight is 321 g/mol. The second-order valence-corrected chi connectivity index (χ2v) is 7.31. The van der Waals surface area contributed by atoms with E-state index < -0.39 is 27.0 Å². The van der Waals surface area contributed by atoms with E-state index in [1.807, 2.05) is 0 Å². The first-order valence-corrected chi connectivity index (χ1v) is 7.31. The molecule has 1 aromatic rings. The van der Waals surface area contributed by atoms with Gasteiger partial charge >= 0.3 is 5.97 Å². The van der Waals surface area contributed by atoms with E-state index in [2.05, 4.69) is 15.9 Å². The first-order valence-electron chi connectivity index (χ1n) is 4.87. The van der Waals surface area contributed by atoms with Crippen molar-refractivity contribution in [3.8, 4) is 0 Å². The van der Waals surface area contributed by atoms with Crippen LogP contribution in [0.2, 0.25) is 0 Å². The lowest BCUT2D eigenvalue weighted by molar-refractivity contribution is -0.145. The molecule has 0 aliphatic heterocycles. The van der Waals surface area contributed by atoms with Gasteiger partial charge in [0.05, 0.1) is 16.1 Å². The second kappa shape index (κ2) is 4.78. The zero-order valence-electron chi connectivity index (χ0n) is 9.47. The summed E-state index contributed by atoms with van der Waals surface area (Å²) in [4.78, 5) is 11.0. The fourth-order valence-corrected chi connectivity index (χ4v) is 3.32. The summed E-state index contributed by atoms with van der Waals surface area (Å²) < 4.78 is 24.7. The molecule has 0 aliphatic rings. The van der Waals surface area contributed by atoms with Crippen molar-refractivity contribution >= 4 is 31.7 Å². The first kappa shape index (κ1) is 14.2. The monoisotopic (exact) mass is 320 g/mol. The van der Waals surface area contributed by atoms with Crippen LogP contribution in [0, 0.1) is 5.41 Å².